The van der Waals surface area contributed by atoms with Crippen LogP contribution in [0.15, 0.2) is 0 Å². The van der Waals surface area contributed by atoms with Gasteiger partial charge in [-0.1, -0.05) is 0 Å². The molecule has 3 heteroatoms. The molecule has 2 aliphatic rings. The summed E-state index contributed by atoms with van der Waals surface area (Å²) in [6, 6.07) is 0.764. The summed E-state index contributed by atoms with van der Waals surface area (Å²) in [7, 11) is 1.91. The van der Waals surface area contributed by atoms with Gasteiger partial charge in [0.15, 0.2) is 5.11 Å². The minimum Gasteiger partial charge on any atom is -0.366 e. The molecule has 11 heavy (non-hydrogen) atoms. The average Bonchev–Trinajstić information content (AvgIpc) is 2.62. The van der Waals surface area contributed by atoms with Crippen molar-refractivity contribution in [1.82, 2.24) is 10.2 Å². The van der Waals surface area contributed by atoms with E-state index in [1.54, 1.807) is 0 Å². The molecule has 2 bridgehead atoms. The van der Waals surface area contributed by atoms with E-state index in [9.17, 15) is 0 Å². The predicted octanol–water partition coefficient (Wildman–Crippen LogP) is 0.975. The maximum Gasteiger partial charge on any atom is 0.168 e. The van der Waals surface area contributed by atoms with Crippen LogP contribution in [-0.4, -0.2) is 29.6 Å². The normalized spacial score (nSPS) is 34.5. The Balaban J connectivity index is 2.02. The Kier molecular flexibility index (Phi) is 1.75. The van der Waals surface area contributed by atoms with Gasteiger partial charge in [-0.2, -0.15) is 0 Å². The summed E-state index contributed by atoms with van der Waals surface area (Å²) in [5.41, 5.74) is 0. The highest BCUT2D eigenvalue weighted by atomic mass is 32.1. The van der Waals surface area contributed by atoms with Crippen LogP contribution in [0.2, 0.25) is 0 Å². The Bertz CT molecular complexity index is 181. The fraction of sp³-hybridized carbons (Fsp3) is 0.875. The third-order valence-electron chi connectivity index (χ3n) is 2.88. The van der Waals surface area contributed by atoms with Crippen molar-refractivity contribution in [2.75, 3.05) is 13.6 Å². The summed E-state index contributed by atoms with van der Waals surface area (Å²) >= 11 is 5.19. The third-order valence-corrected chi connectivity index (χ3v) is 3.32. The van der Waals surface area contributed by atoms with Crippen molar-refractivity contribution in [2.24, 2.45) is 5.92 Å². The molecular formula is C8H14N2S. The number of hydrogen-bond donors (Lipinski definition) is 1. The smallest absolute Gasteiger partial charge is 0.168 e. The second kappa shape index (κ2) is 2.63. The molecule has 0 aromatic carbocycles. The highest BCUT2D eigenvalue weighted by Crippen LogP contribution is 2.37. The van der Waals surface area contributed by atoms with Crippen LogP contribution < -0.4 is 5.32 Å². The second-order valence-corrected chi connectivity index (χ2v) is 3.93. The number of thiocarbonyl (C=S) groups is 1. The average molecular weight is 170 g/mol. The molecule has 1 heterocycles. The van der Waals surface area contributed by atoms with E-state index in [0.29, 0.717) is 0 Å². The van der Waals surface area contributed by atoms with Crippen molar-refractivity contribution < 1.29 is 0 Å². The summed E-state index contributed by atoms with van der Waals surface area (Å²) in [5.74, 6) is 0.936. The van der Waals surface area contributed by atoms with Crippen LogP contribution in [-0.2, 0) is 0 Å². The van der Waals surface area contributed by atoms with Gasteiger partial charge in [-0.15, -0.1) is 0 Å². The summed E-state index contributed by atoms with van der Waals surface area (Å²) < 4.78 is 0. The first-order valence-electron chi connectivity index (χ1n) is 4.29. The Morgan fingerprint density at radius 1 is 1.55 bits per heavy atom. The lowest BCUT2D eigenvalue weighted by Gasteiger charge is -2.28. The first-order chi connectivity index (χ1) is 5.31. The molecule has 62 valence electrons. The van der Waals surface area contributed by atoms with Crippen LogP contribution in [0.5, 0.6) is 0 Å². The molecule has 1 aliphatic heterocycles. The van der Waals surface area contributed by atoms with Crippen molar-refractivity contribution in [1.29, 1.82) is 0 Å². The van der Waals surface area contributed by atoms with Gasteiger partial charge in [0, 0.05) is 19.6 Å². The molecule has 2 fully saturated rings. The van der Waals surface area contributed by atoms with E-state index < -0.39 is 0 Å². The van der Waals surface area contributed by atoms with Crippen LogP contribution in [0.1, 0.15) is 19.3 Å². The van der Waals surface area contributed by atoms with Crippen molar-refractivity contribution in [3.05, 3.63) is 0 Å². The number of fused-ring (bicyclic) bond motifs is 2. The molecule has 2 nitrogen and oxygen atoms in total. The van der Waals surface area contributed by atoms with Gasteiger partial charge in [-0.05, 0) is 37.4 Å². The lowest BCUT2D eigenvalue weighted by molar-refractivity contribution is 0.325. The monoisotopic (exact) mass is 170 g/mol. The van der Waals surface area contributed by atoms with Crippen LogP contribution >= 0.6 is 12.2 Å². The fourth-order valence-corrected chi connectivity index (χ4v) is 2.54. The van der Waals surface area contributed by atoms with E-state index >= 15 is 0 Å². The Hall–Kier alpha value is -0.310. The summed E-state index contributed by atoms with van der Waals surface area (Å²) in [4.78, 5) is 2.35. The topological polar surface area (TPSA) is 15.3 Å². The number of nitrogens with one attached hydrogen (secondary N) is 1. The fourth-order valence-electron chi connectivity index (χ4n) is 2.32. The minimum atomic E-state index is 0.764. The summed E-state index contributed by atoms with van der Waals surface area (Å²) in [6.45, 7) is 1.20. The lowest BCUT2D eigenvalue weighted by atomic mass is 10.1. The second-order valence-electron chi connectivity index (χ2n) is 3.54. The SMILES string of the molecule is CNC(=S)N1CC2CCC1C2. The maximum atomic E-state index is 5.19. The Labute approximate surface area is 73.0 Å². The molecule has 0 aromatic rings. The standard InChI is InChI=1S/C8H14N2S/c1-9-8(11)10-5-6-2-3-7(10)4-6/h6-7H,2-5H2,1H3,(H,9,11). The molecule has 0 amide bonds. The highest BCUT2D eigenvalue weighted by molar-refractivity contribution is 7.80. The molecule has 0 spiro atoms. The summed E-state index contributed by atoms with van der Waals surface area (Å²) in [6.07, 6.45) is 4.15. The van der Waals surface area contributed by atoms with Crippen molar-refractivity contribution >= 4 is 17.3 Å². The zero-order valence-corrected chi connectivity index (χ0v) is 7.66. The summed E-state index contributed by atoms with van der Waals surface area (Å²) in [5, 5.41) is 3.99. The highest BCUT2D eigenvalue weighted by Gasteiger charge is 2.38. The molecule has 1 saturated heterocycles. The van der Waals surface area contributed by atoms with Gasteiger partial charge >= 0.3 is 0 Å². The van der Waals surface area contributed by atoms with Crippen LogP contribution in [0.3, 0.4) is 0 Å². The molecule has 2 unspecified atom stereocenters. The zero-order valence-electron chi connectivity index (χ0n) is 6.84. The van der Waals surface area contributed by atoms with Gasteiger partial charge in [0.05, 0.1) is 0 Å². The van der Waals surface area contributed by atoms with Gasteiger partial charge in [0.25, 0.3) is 0 Å². The molecule has 2 rings (SSSR count). The van der Waals surface area contributed by atoms with Crippen molar-refractivity contribution in [3.8, 4) is 0 Å². The first kappa shape index (κ1) is 7.35. The number of hydrogen-bond acceptors (Lipinski definition) is 1. The number of rotatable bonds is 0. The Morgan fingerprint density at radius 2 is 2.36 bits per heavy atom. The molecule has 0 radical (unpaired) electrons. The molecule has 1 saturated carbocycles. The van der Waals surface area contributed by atoms with Gasteiger partial charge in [-0.25, -0.2) is 0 Å². The Morgan fingerprint density at radius 3 is 2.82 bits per heavy atom. The number of piperidine rings is 1. The van der Waals surface area contributed by atoms with Gasteiger partial charge in [0.2, 0.25) is 0 Å². The van der Waals surface area contributed by atoms with Crippen LogP contribution in [0.25, 0.3) is 0 Å². The van der Waals surface area contributed by atoms with E-state index in [2.05, 4.69) is 10.2 Å². The van der Waals surface area contributed by atoms with E-state index in [-0.39, 0.29) is 0 Å². The molecule has 1 N–H and O–H groups in total. The third kappa shape index (κ3) is 1.11. The maximum absolute atomic E-state index is 5.19. The van der Waals surface area contributed by atoms with Gasteiger partial charge in [0.1, 0.15) is 0 Å². The quantitative estimate of drug-likeness (QED) is 0.545. The van der Waals surface area contributed by atoms with E-state index in [1.807, 2.05) is 7.05 Å². The van der Waals surface area contributed by atoms with Crippen molar-refractivity contribution in [2.45, 2.75) is 25.3 Å². The number of likely N-dealkylation sites (tertiary alicyclic amines) is 1. The zero-order chi connectivity index (χ0) is 7.84. The first-order valence-corrected chi connectivity index (χ1v) is 4.70. The lowest BCUT2D eigenvalue weighted by Crippen LogP contribution is -2.42. The molecular weight excluding hydrogens is 156 g/mol. The van der Waals surface area contributed by atoms with Crippen LogP contribution in [0.4, 0.5) is 0 Å². The van der Waals surface area contributed by atoms with Crippen molar-refractivity contribution in [3.63, 3.8) is 0 Å². The predicted molar refractivity (Wildman–Crippen MR) is 49.5 cm³/mol. The largest absolute Gasteiger partial charge is 0.366 e. The molecule has 0 aromatic heterocycles. The van der Waals surface area contributed by atoms with E-state index in [0.717, 1.165) is 17.1 Å². The minimum absolute atomic E-state index is 0.764. The van der Waals surface area contributed by atoms with E-state index in [1.165, 1.54) is 25.8 Å². The van der Waals surface area contributed by atoms with Gasteiger partial charge in [-0.3, -0.25) is 0 Å². The molecule has 1 aliphatic carbocycles. The van der Waals surface area contributed by atoms with E-state index in [4.69, 9.17) is 12.2 Å². The van der Waals surface area contributed by atoms with Crippen LogP contribution in [0, 0.1) is 5.92 Å². The molecule has 2 atom stereocenters. The number of nitrogens with zero attached hydrogens (tertiary/aromatic N) is 1. The van der Waals surface area contributed by atoms with Gasteiger partial charge < -0.3 is 10.2 Å².